The monoisotopic (exact) mass is 331 g/mol. The summed E-state index contributed by atoms with van der Waals surface area (Å²) in [5, 5.41) is 2.92. The van der Waals surface area contributed by atoms with Gasteiger partial charge in [0.15, 0.2) is 0 Å². The normalized spacial score (nSPS) is 16.4. The topological polar surface area (TPSA) is 38.3 Å². The van der Waals surface area contributed by atoms with Gasteiger partial charge in [-0.25, -0.2) is 0 Å². The number of rotatable bonds is 4. The van der Waals surface area contributed by atoms with Crippen LogP contribution < -0.4 is 5.32 Å². The van der Waals surface area contributed by atoms with Gasteiger partial charge in [0.05, 0.1) is 5.57 Å². The molecule has 0 aromatic heterocycles. The number of hydrogen-bond acceptors (Lipinski definition) is 2. The van der Waals surface area contributed by atoms with Crippen LogP contribution in [0.25, 0.3) is 0 Å². The Labute approximate surface area is 148 Å². The number of anilines is 1. The van der Waals surface area contributed by atoms with Gasteiger partial charge in [0.2, 0.25) is 0 Å². The van der Waals surface area contributed by atoms with Crippen molar-refractivity contribution < 1.29 is 9.53 Å². The van der Waals surface area contributed by atoms with E-state index in [-0.39, 0.29) is 12.5 Å². The number of nitrogens with one attached hydrogen (secondary N) is 1. The summed E-state index contributed by atoms with van der Waals surface area (Å²) in [7, 11) is 0. The predicted octanol–water partition coefficient (Wildman–Crippen LogP) is 4.77. The molecule has 1 heterocycles. The van der Waals surface area contributed by atoms with Gasteiger partial charge in [-0.05, 0) is 48.8 Å². The molecule has 25 heavy (non-hydrogen) atoms. The van der Waals surface area contributed by atoms with Crippen molar-refractivity contribution in [2.45, 2.75) is 13.3 Å². The zero-order valence-corrected chi connectivity index (χ0v) is 14.3. The Bertz CT molecular complexity index is 849. The fourth-order valence-electron chi connectivity index (χ4n) is 2.86. The average Bonchev–Trinajstić information content (AvgIpc) is 2.81. The average molecular weight is 331 g/mol. The van der Waals surface area contributed by atoms with Crippen molar-refractivity contribution in [3.8, 4) is 0 Å². The van der Waals surface area contributed by atoms with Crippen molar-refractivity contribution >= 4 is 11.6 Å². The molecule has 1 aliphatic carbocycles. The number of carbonyl (C=O) groups excluding carboxylic acids is 1. The molecule has 1 aromatic rings. The third kappa shape index (κ3) is 3.56. The van der Waals surface area contributed by atoms with E-state index < -0.39 is 0 Å². The molecule has 0 spiro atoms. The van der Waals surface area contributed by atoms with E-state index in [1.807, 2.05) is 43.3 Å². The summed E-state index contributed by atoms with van der Waals surface area (Å²) in [6, 6.07) is 7.71. The molecule has 3 rings (SSSR count). The molecule has 3 heteroatoms. The van der Waals surface area contributed by atoms with Crippen molar-refractivity contribution in [3.63, 3.8) is 0 Å². The van der Waals surface area contributed by atoms with Crippen molar-refractivity contribution in [3.05, 3.63) is 101 Å². The van der Waals surface area contributed by atoms with Crippen LogP contribution in [0.3, 0.4) is 0 Å². The van der Waals surface area contributed by atoms with Crippen molar-refractivity contribution in [2.24, 2.45) is 0 Å². The maximum atomic E-state index is 12.6. The van der Waals surface area contributed by atoms with Gasteiger partial charge in [0.1, 0.15) is 12.4 Å². The highest BCUT2D eigenvalue weighted by molar-refractivity contribution is 6.04. The van der Waals surface area contributed by atoms with Crippen LogP contribution in [0, 0.1) is 6.92 Å². The maximum absolute atomic E-state index is 12.6. The first-order valence-corrected chi connectivity index (χ1v) is 8.24. The molecule has 0 saturated heterocycles. The van der Waals surface area contributed by atoms with Gasteiger partial charge in [-0.2, -0.15) is 0 Å². The Morgan fingerprint density at radius 1 is 1.16 bits per heavy atom. The first-order chi connectivity index (χ1) is 12.1. The lowest BCUT2D eigenvalue weighted by Gasteiger charge is -2.21. The smallest absolute Gasteiger partial charge is 0.255 e. The van der Waals surface area contributed by atoms with Gasteiger partial charge in [-0.15, -0.1) is 0 Å². The van der Waals surface area contributed by atoms with Crippen LogP contribution in [0.4, 0.5) is 5.69 Å². The molecule has 0 saturated carbocycles. The molecular formula is C22H21NO2. The van der Waals surface area contributed by atoms with Crippen LogP contribution in [0.2, 0.25) is 0 Å². The lowest BCUT2D eigenvalue weighted by molar-refractivity contribution is -0.113. The van der Waals surface area contributed by atoms with Gasteiger partial charge in [-0.3, -0.25) is 4.79 Å². The second kappa shape index (κ2) is 7.22. The van der Waals surface area contributed by atoms with E-state index >= 15 is 0 Å². The molecule has 3 nitrogen and oxygen atoms in total. The van der Waals surface area contributed by atoms with Crippen LogP contribution in [0.5, 0.6) is 0 Å². The first kappa shape index (κ1) is 16.8. The van der Waals surface area contributed by atoms with Crippen molar-refractivity contribution in [2.75, 3.05) is 11.9 Å². The minimum atomic E-state index is -0.160. The molecule has 0 bridgehead atoms. The number of carbonyl (C=O) groups is 1. The van der Waals surface area contributed by atoms with E-state index in [9.17, 15) is 4.79 Å². The summed E-state index contributed by atoms with van der Waals surface area (Å²) in [4.78, 5) is 12.6. The number of aryl methyl sites for hydroxylation is 1. The van der Waals surface area contributed by atoms with Crippen LogP contribution >= 0.6 is 0 Å². The third-order valence-electron chi connectivity index (χ3n) is 4.23. The highest BCUT2D eigenvalue weighted by Crippen LogP contribution is 2.32. The molecule has 126 valence electrons. The predicted molar refractivity (Wildman–Crippen MR) is 102 cm³/mol. The summed E-state index contributed by atoms with van der Waals surface area (Å²) in [6.45, 7) is 10.0. The lowest BCUT2D eigenvalue weighted by atomic mass is 9.96. The Hall–Kier alpha value is -3.07. The summed E-state index contributed by atoms with van der Waals surface area (Å²) in [5.41, 5.74) is 5.30. The quantitative estimate of drug-likeness (QED) is 0.863. The minimum Gasteiger partial charge on any atom is -0.488 e. The first-order valence-electron chi connectivity index (χ1n) is 8.24. The number of amides is 1. The zero-order chi connectivity index (χ0) is 17.8. The van der Waals surface area contributed by atoms with E-state index in [0.29, 0.717) is 5.57 Å². The summed E-state index contributed by atoms with van der Waals surface area (Å²) >= 11 is 0. The summed E-state index contributed by atoms with van der Waals surface area (Å²) < 4.78 is 5.84. The van der Waals surface area contributed by atoms with Crippen molar-refractivity contribution in [1.82, 2.24) is 0 Å². The van der Waals surface area contributed by atoms with Crippen LogP contribution in [0.15, 0.2) is 95.9 Å². The fourth-order valence-corrected chi connectivity index (χ4v) is 2.86. The standard InChI is InChI=1S/C22H21NO2/c1-4-16-7-6-8-21-20(19(16)5-2)13-17(14-25-21)22(24)23-18-11-9-15(3)10-12-18/h4-5,7-13H,1-2,6,14H2,3H3,(H,23,24). The summed E-state index contributed by atoms with van der Waals surface area (Å²) in [6.07, 6.45) is 10.3. The number of hydrogen-bond donors (Lipinski definition) is 1. The highest BCUT2D eigenvalue weighted by Gasteiger charge is 2.22. The Morgan fingerprint density at radius 3 is 2.60 bits per heavy atom. The Balaban J connectivity index is 1.92. The molecule has 0 fully saturated rings. The van der Waals surface area contributed by atoms with E-state index in [2.05, 4.69) is 24.6 Å². The summed E-state index contributed by atoms with van der Waals surface area (Å²) in [5.74, 6) is 0.627. The molecule has 0 radical (unpaired) electrons. The zero-order valence-electron chi connectivity index (χ0n) is 14.3. The molecular weight excluding hydrogens is 310 g/mol. The molecule has 2 aliphatic rings. The fraction of sp³-hybridized carbons (Fsp3) is 0.136. The van der Waals surface area contributed by atoms with E-state index in [0.717, 1.165) is 40.2 Å². The number of ether oxygens (including phenoxy) is 1. The largest absolute Gasteiger partial charge is 0.488 e. The number of allylic oxidation sites excluding steroid dienone is 7. The molecule has 1 aromatic carbocycles. The molecule has 0 unspecified atom stereocenters. The second-order valence-corrected chi connectivity index (χ2v) is 5.98. The van der Waals surface area contributed by atoms with Crippen LogP contribution in [0.1, 0.15) is 12.0 Å². The van der Waals surface area contributed by atoms with Crippen LogP contribution in [-0.2, 0) is 9.53 Å². The maximum Gasteiger partial charge on any atom is 0.255 e. The molecule has 1 N–H and O–H groups in total. The lowest BCUT2D eigenvalue weighted by Crippen LogP contribution is -2.21. The van der Waals surface area contributed by atoms with Gasteiger partial charge < -0.3 is 10.1 Å². The van der Waals surface area contributed by atoms with Crippen molar-refractivity contribution in [1.29, 1.82) is 0 Å². The highest BCUT2D eigenvalue weighted by atomic mass is 16.5. The van der Waals surface area contributed by atoms with Gasteiger partial charge in [0.25, 0.3) is 5.91 Å². The molecule has 1 amide bonds. The van der Waals surface area contributed by atoms with Gasteiger partial charge in [0, 0.05) is 11.3 Å². The number of fused-ring (bicyclic) bond motifs is 1. The third-order valence-corrected chi connectivity index (χ3v) is 4.23. The van der Waals surface area contributed by atoms with Crippen LogP contribution in [-0.4, -0.2) is 12.5 Å². The Kier molecular flexibility index (Phi) is 4.85. The van der Waals surface area contributed by atoms with Gasteiger partial charge in [-0.1, -0.05) is 49.1 Å². The molecule has 0 atom stereocenters. The van der Waals surface area contributed by atoms with E-state index in [1.54, 1.807) is 12.2 Å². The molecule has 1 aliphatic heterocycles. The SMILES string of the molecule is C=CC1=CCC=C2OCC(C(=O)Nc3ccc(C)cc3)=CC2=C1C=C. The minimum absolute atomic E-state index is 0.160. The second-order valence-electron chi connectivity index (χ2n) is 5.98. The van der Waals surface area contributed by atoms with Gasteiger partial charge >= 0.3 is 0 Å². The van der Waals surface area contributed by atoms with E-state index in [4.69, 9.17) is 4.74 Å². The Morgan fingerprint density at radius 2 is 1.92 bits per heavy atom. The van der Waals surface area contributed by atoms with E-state index in [1.165, 1.54) is 0 Å². The number of benzene rings is 1.